The second kappa shape index (κ2) is 3.04. The van der Waals surface area contributed by atoms with Gasteiger partial charge in [0.2, 0.25) is 5.91 Å². The summed E-state index contributed by atoms with van der Waals surface area (Å²) >= 11 is 0. The Morgan fingerprint density at radius 2 is 2.33 bits per heavy atom. The van der Waals surface area contributed by atoms with E-state index in [0.717, 1.165) is 0 Å². The van der Waals surface area contributed by atoms with E-state index >= 15 is 0 Å². The van der Waals surface area contributed by atoms with Crippen LogP contribution in [0.25, 0.3) is 0 Å². The number of nitrogens with zero attached hydrogens (tertiary/aromatic N) is 1. The van der Waals surface area contributed by atoms with E-state index in [2.05, 4.69) is 10.2 Å². The minimum atomic E-state index is -1.34. The van der Waals surface area contributed by atoms with Crippen LogP contribution in [-0.4, -0.2) is 27.2 Å². The van der Waals surface area contributed by atoms with E-state index in [1.54, 1.807) is 0 Å². The number of carboxylic acids is 1. The molecule has 1 rings (SSSR count). The van der Waals surface area contributed by atoms with Crippen LogP contribution in [0.5, 0.6) is 0 Å². The number of carbonyl (C=O) groups is 2. The van der Waals surface area contributed by atoms with E-state index < -0.39 is 17.8 Å². The standard InChI is InChI=1S/C6H7N3O3/c7-5(10)4(6(11)12)3-1-2-8-9-3/h1-2,4H,(H2,7,10)(H,8,9)(H,11,12). The number of nitrogens with one attached hydrogen (secondary N) is 1. The highest BCUT2D eigenvalue weighted by molar-refractivity contribution is 6.01. The number of carbonyl (C=O) groups excluding carboxylic acids is 1. The van der Waals surface area contributed by atoms with Gasteiger partial charge in [-0.1, -0.05) is 0 Å². The SMILES string of the molecule is NC(=O)C(C(=O)O)c1ccn[nH]1. The number of aliphatic carboxylic acids is 1. The normalized spacial score (nSPS) is 12.3. The maximum Gasteiger partial charge on any atom is 0.322 e. The molecular weight excluding hydrogens is 162 g/mol. The van der Waals surface area contributed by atoms with E-state index in [-0.39, 0.29) is 5.69 Å². The molecule has 0 aliphatic heterocycles. The number of rotatable bonds is 3. The molecule has 1 unspecified atom stereocenters. The molecular formula is C6H7N3O3. The molecule has 0 aliphatic carbocycles. The summed E-state index contributed by atoms with van der Waals surface area (Å²) in [6.45, 7) is 0. The van der Waals surface area contributed by atoms with Gasteiger partial charge in [-0.05, 0) is 6.07 Å². The number of carboxylic acid groups (broad SMARTS) is 1. The summed E-state index contributed by atoms with van der Waals surface area (Å²) in [5, 5.41) is 14.4. The second-order valence-corrected chi connectivity index (χ2v) is 2.19. The molecule has 4 N–H and O–H groups in total. The minimum Gasteiger partial charge on any atom is -0.480 e. The average Bonchev–Trinajstić information content (AvgIpc) is 2.37. The molecule has 0 bridgehead atoms. The number of amides is 1. The van der Waals surface area contributed by atoms with Crippen LogP contribution in [0.1, 0.15) is 11.6 Å². The van der Waals surface area contributed by atoms with Gasteiger partial charge in [-0.25, -0.2) is 0 Å². The first-order valence-electron chi connectivity index (χ1n) is 3.14. The Morgan fingerprint density at radius 1 is 1.67 bits per heavy atom. The van der Waals surface area contributed by atoms with Crippen molar-refractivity contribution in [3.63, 3.8) is 0 Å². The fraction of sp³-hybridized carbons (Fsp3) is 0.167. The average molecular weight is 169 g/mol. The first-order valence-corrected chi connectivity index (χ1v) is 3.14. The van der Waals surface area contributed by atoms with Gasteiger partial charge in [0, 0.05) is 6.20 Å². The van der Waals surface area contributed by atoms with E-state index in [4.69, 9.17) is 10.8 Å². The lowest BCUT2D eigenvalue weighted by Crippen LogP contribution is -2.28. The summed E-state index contributed by atoms with van der Waals surface area (Å²) in [5.41, 5.74) is 5.05. The Hall–Kier alpha value is -1.85. The molecule has 1 atom stereocenters. The monoisotopic (exact) mass is 169 g/mol. The van der Waals surface area contributed by atoms with Crippen molar-refractivity contribution >= 4 is 11.9 Å². The van der Waals surface area contributed by atoms with E-state index in [9.17, 15) is 9.59 Å². The van der Waals surface area contributed by atoms with Crippen LogP contribution in [0.3, 0.4) is 0 Å². The van der Waals surface area contributed by atoms with Crippen LogP contribution in [0.2, 0.25) is 0 Å². The second-order valence-electron chi connectivity index (χ2n) is 2.19. The van der Waals surface area contributed by atoms with Crippen molar-refractivity contribution in [3.8, 4) is 0 Å². The number of H-pyrrole nitrogens is 1. The van der Waals surface area contributed by atoms with E-state index in [1.165, 1.54) is 12.3 Å². The molecule has 0 fully saturated rings. The van der Waals surface area contributed by atoms with Gasteiger partial charge in [0.15, 0.2) is 5.92 Å². The fourth-order valence-corrected chi connectivity index (χ4v) is 0.835. The summed E-state index contributed by atoms with van der Waals surface area (Å²) in [5.74, 6) is -3.54. The fourth-order valence-electron chi connectivity index (χ4n) is 0.835. The van der Waals surface area contributed by atoms with Crippen molar-refractivity contribution in [1.82, 2.24) is 10.2 Å². The van der Waals surface area contributed by atoms with Gasteiger partial charge >= 0.3 is 5.97 Å². The predicted octanol–water partition coefficient (Wildman–Crippen LogP) is -0.937. The maximum atomic E-state index is 10.6. The lowest BCUT2D eigenvalue weighted by atomic mass is 10.1. The molecule has 1 amide bonds. The molecule has 64 valence electrons. The molecule has 0 radical (unpaired) electrons. The lowest BCUT2D eigenvalue weighted by molar-refractivity contribution is -0.142. The third-order valence-electron chi connectivity index (χ3n) is 1.36. The Balaban J connectivity index is 2.96. The largest absolute Gasteiger partial charge is 0.480 e. The smallest absolute Gasteiger partial charge is 0.322 e. The molecule has 6 nitrogen and oxygen atoms in total. The first kappa shape index (κ1) is 8.25. The third-order valence-corrected chi connectivity index (χ3v) is 1.36. The highest BCUT2D eigenvalue weighted by atomic mass is 16.4. The molecule has 0 aliphatic rings. The minimum absolute atomic E-state index is 0.190. The number of aromatic nitrogens is 2. The van der Waals surface area contributed by atoms with Gasteiger partial charge in [0.1, 0.15) is 0 Å². The zero-order valence-corrected chi connectivity index (χ0v) is 6.02. The molecule has 1 aromatic heterocycles. The maximum absolute atomic E-state index is 10.6. The summed E-state index contributed by atoms with van der Waals surface area (Å²) in [6.07, 6.45) is 1.36. The van der Waals surface area contributed by atoms with Crippen LogP contribution in [0.4, 0.5) is 0 Å². The van der Waals surface area contributed by atoms with Crippen molar-refractivity contribution in [1.29, 1.82) is 0 Å². The third kappa shape index (κ3) is 1.42. The van der Waals surface area contributed by atoms with Gasteiger partial charge in [0.05, 0.1) is 5.69 Å². The number of nitrogens with two attached hydrogens (primary N) is 1. The molecule has 0 aromatic carbocycles. The van der Waals surface area contributed by atoms with Crippen LogP contribution in [0.15, 0.2) is 12.3 Å². The molecule has 0 spiro atoms. The topological polar surface area (TPSA) is 109 Å². The summed E-state index contributed by atoms with van der Waals surface area (Å²) in [4.78, 5) is 21.1. The number of hydrogen-bond donors (Lipinski definition) is 3. The van der Waals surface area contributed by atoms with E-state index in [0.29, 0.717) is 0 Å². The van der Waals surface area contributed by atoms with Crippen molar-refractivity contribution in [2.75, 3.05) is 0 Å². The molecule has 0 saturated carbocycles. The van der Waals surface area contributed by atoms with Gasteiger partial charge in [-0.15, -0.1) is 0 Å². The van der Waals surface area contributed by atoms with Crippen molar-refractivity contribution in [3.05, 3.63) is 18.0 Å². The number of aromatic amines is 1. The zero-order chi connectivity index (χ0) is 9.14. The summed E-state index contributed by atoms with van der Waals surface area (Å²) < 4.78 is 0. The van der Waals surface area contributed by atoms with E-state index in [1.807, 2.05) is 0 Å². The summed E-state index contributed by atoms with van der Waals surface area (Å²) in [6, 6.07) is 1.39. The molecule has 1 aromatic rings. The van der Waals surface area contributed by atoms with Gasteiger partial charge in [-0.3, -0.25) is 14.7 Å². The van der Waals surface area contributed by atoms with Crippen LogP contribution in [0, 0.1) is 0 Å². The first-order chi connectivity index (χ1) is 5.63. The van der Waals surface area contributed by atoms with Crippen LogP contribution < -0.4 is 5.73 Å². The molecule has 1 heterocycles. The predicted molar refractivity (Wildman–Crippen MR) is 38.2 cm³/mol. The van der Waals surface area contributed by atoms with Gasteiger partial charge in [0.25, 0.3) is 0 Å². The van der Waals surface area contributed by atoms with Crippen molar-refractivity contribution in [2.24, 2.45) is 5.73 Å². The lowest BCUT2D eigenvalue weighted by Gasteiger charge is -2.03. The van der Waals surface area contributed by atoms with Crippen molar-refractivity contribution in [2.45, 2.75) is 5.92 Å². The highest BCUT2D eigenvalue weighted by Crippen LogP contribution is 2.11. The van der Waals surface area contributed by atoms with Crippen molar-refractivity contribution < 1.29 is 14.7 Å². The Kier molecular flexibility index (Phi) is 2.09. The Labute approximate surface area is 67.4 Å². The highest BCUT2D eigenvalue weighted by Gasteiger charge is 2.26. The van der Waals surface area contributed by atoms with Crippen LogP contribution >= 0.6 is 0 Å². The summed E-state index contributed by atoms with van der Waals surface area (Å²) in [7, 11) is 0. The molecule has 0 saturated heterocycles. The zero-order valence-electron chi connectivity index (χ0n) is 6.02. The number of primary amides is 1. The van der Waals surface area contributed by atoms with Crippen LogP contribution in [-0.2, 0) is 9.59 Å². The Morgan fingerprint density at radius 3 is 2.67 bits per heavy atom. The molecule has 6 heteroatoms. The van der Waals surface area contributed by atoms with Gasteiger partial charge in [-0.2, -0.15) is 5.10 Å². The Bertz CT molecular complexity index is 279. The quantitative estimate of drug-likeness (QED) is 0.507. The number of hydrogen-bond acceptors (Lipinski definition) is 3. The molecule has 12 heavy (non-hydrogen) atoms. The van der Waals surface area contributed by atoms with Gasteiger partial charge < -0.3 is 10.8 Å².